The fourth-order valence-corrected chi connectivity index (χ4v) is 1.43. The van der Waals surface area contributed by atoms with Crippen LogP contribution in [0, 0.1) is 0 Å². The first-order chi connectivity index (χ1) is 6.99. The number of oxime groups is 1. The molecule has 15 heavy (non-hydrogen) atoms. The second kappa shape index (κ2) is 5.00. The largest absolute Gasteiger partial charge is 0.445 e. The number of ether oxygens (including phenoxy) is 1. The molecule has 0 aromatic carbocycles. The van der Waals surface area contributed by atoms with E-state index in [-0.39, 0.29) is 12.2 Å². The minimum atomic E-state index is -0.211. The molecular formula is C10H18N2O3. The standard InChI is InChI=1S/C5H9NO2.C5H9NO/c1-4-3-6(2)5(7)8-4;1-4-3-5(2)7-6-4/h4H,3H2,1-2H3;5H,3H2,1-2H3. The maximum Gasteiger partial charge on any atom is 0.409 e. The maximum absolute atomic E-state index is 10.5. The Kier molecular flexibility index (Phi) is 3.94. The molecule has 2 unspecified atom stereocenters. The lowest BCUT2D eigenvalue weighted by Crippen LogP contribution is -2.18. The fourth-order valence-electron chi connectivity index (χ4n) is 1.43. The van der Waals surface area contributed by atoms with Crippen LogP contribution in [0.5, 0.6) is 0 Å². The van der Waals surface area contributed by atoms with Crippen LogP contribution in [0.3, 0.4) is 0 Å². The molecule has 1 amide bonds. The molecule has 1 fully saturated rings. The second-order valence-electron chi connectivity index (χ2n) is 4.02. The minimum absolute atomic E-state index is 0.0764. The smallest absolute Gasteiger partial charge is 0.409 e. The molecule has 2 aliphatic heterocycles. The van der Waals surface area contributed by atoms with Gasteiger partial charge in [0.15, 0.2) is 0 Å². The predicted molar refractivity (Wildman–Crippen MR) is 56.8 cm³/mol. The van der Waals surface area contributed by atoms with Crippen molar-refractivity contribution < 1.29 is 14.4 Å². The van der Waals surface area contributed by atoms with Crippen molar-refractivity contribution in [2.24, 2.45) is 5.16 Å². The van der Waals surface area contributed by atoms with Gasteiger partial charge in [-0.25, -0.2) is 4.79 Å². The third-order valence-corrected chi connectivity index (χ3v) is 2.12. The van der Waals surface area contributed by atoms with Gasteiger partial charge in [-0.15, -0.1) is 0 Å². The fraction of sp³-hybridized carbons (Fsp3) is 0.800. The second-order valence-corrected chi connectivity index (χ2v) is 4.02. The van der Waals surface area contributed by atoms with Crippen molar-refractivity contribution in [2.75, 3.05) is 13.6 Å². The molecular weight excluding hydrogens is 196 g/mol. The Hall–Kier alpha value is -1.26. The average Bonchev–Trinajstić information content (AvgIpc) is 2.61. The Labute approximate surface area is 90.0 Å². The highest BCUT2D eigenvalue weighted by molar-refractivity contribution is 5.82. The molecule has 0 bridgehead atoms. The van der Waals surface area contributed by atoms with E-state index in [1.807, 2.05) is 20.8 Å². The lowest BCUT2D eigenvalue weighted by molar-refractivity contribution is 0.0995. The Morgan fingerprint density at radius 3 is 2.20 bits per heavy atom. The number of likely N-dealkylation sites (N-methyl/N-ethyl adjacent to an activating group) is 1. The first kappa shape index (κ1) is 11.8. The van der Waals surface area contributed by atoms with Crippen LogP contribution in [0.25, 0.3) is 0 Å². The van der Waals surface area contributed by atoms with Crippen LogP contribution < -0.4 is 0 Å². The van der Waals surface area contributed by atoms with Crippen LogP contribution in [0.1, 0.15) is 27.2 Å². The number of hydrogen-bond acceptors (Lipinski definition) is 4. The van der Waals surface area contributed by atoms with Gasteiger partial charge >= 0.3 is 6.09 Å². The van der Waals surface area contributed by atoms with Gasteiger partial charge in [0.25, 0.3) is 0 Å². The highest BCUT2D eigenvalue weighted by Gasteiger charge is 2.23. The zero-order valence-electron chi connectivity index (χ0n) is 9.69. The molecule has 86 valence electrons. The monoisotopic (exact) mass is 214 g/mol. The molecule has 0 N–H and O–H groups in total. The van der Waals surface area contributed by atoms with Gasteiger partial charge in [0.2, 0.25) is 0 Å². The Morgan fingerprint density at radius 2 is 2.07 bits per heavy atom. The van der Waals surface area contributed by atoms with Gasteiger partial charge in [-0.05, 0) is 20.8 Å². The molecule has 0 radical (unpaired) electrons. The van der Waals surface area contributed by atoms with Gasteiger partial charge in [-0.2, -0.15) is 0 Å². The van der Waals surface area contributed by atoms with Crippen molar-refractivity contribution >= 4 is 11.8 Å². The molecule has 5 nitrogen and oxygen atoms in total. The van der Waals surface area contributed by atoms with E-state index in [1.54, 1.807) is 11.9 Å². The molecule has 5 heteroatoms. The number of carbonyl (C=O) groups is 1. The average molecular weight is 214 g/mol. The quantitative estimate of drug-likeness (QED) is 0.615. The third-order valence-electron chi connectivity index (χ3n) is 2.12. The summed E-state index contributed by atoms with van der Waals surface area (Å²) in [5.41, 5.74) is 1.10. The molecule has 0 aliphatic carbocycles. The topological polar surface area (TPSA) is 51.1 Å². The minimum Gasteiger partial charge on any atom is -0.445 e. The highest BCUT2D eigenvalue weighted by Crippen LogP contribution is 2.07. The molecule has 0 aromatic rings. The summed E-state index contributed by atoms with van der Waals surface area (Å²) < 4.78 is 4.76. The van der Waals surface area contributed by atoms with Crippen LogP contribution in [0.15, 0.2) is 5.16 Å². The number of amides is 1. The van der Waals surface area contributed by atoms with Crippen LogP contribution in [0.4, 0.5) is 4.79 Å². The van der Waals surface area contributed by atoms with Crippen molar-refractivity contribution in [3.05, 3.63) is 0 Å². The Bertz CT molecular complexity index is 265. The van der Waals surface area contributed by atoms with Crippen molar-refractivity contribution in [3.8, 4) is 0 Å². The summed E-state index contributed by atoms with van der Waals surface area (Å²) in [6, 6.07) is 0. The number of carbonyl (C=O) groups excluding carboxylic acids is 1. The summed E-state index contributed by atoms with van der Waals surface area (Å²) in [4.78, 5) is 16.9. The van der Waals surface area contributed by atoms with E-state index in [4.69, 9.17) is 9.57 Å². The van der Waals surface area contributed by atoms with Crippen LogP contribution in [-0.4, -0.2) is 42.5 Å². The van der Waals surface area contributed by atoms with E-state index in [2.05, 4.69) is 5.16 Å². The molecule has 0 aromatic heterocycles. The van der Waals surface area contributed by atoms with Gasteiger partial charge in [-0.1, -0.05) is 5.16 Å². The first-order valence-corrected chi connectivity index (χ1v) is 5.10. The lowest BCUT2D eigenvalue weighted by atomic mass is 10.2. The van der Waals surface area contributed by atoms with Crippen molar-refractivity contribution in [3.63, 3.8) is 0 Å². The van der Waals surface area contributed by atoms with Crippen LogP contribution in [0.2, 0.25) is 0 Å². The van der Waals surface area contributed by atoms with E-state index in [1.165, 1.54) is 0 Å². The van der Waals surface area contributed by atoms with E-state index < -0.39 is 0 Å². The highest BCUT2D eigenvalue weighted by atomic mass is 16.6. The Morgan fingerprint density at radius 1 is 1.40 bits per heavy atom. The zero-order chi connectivity index (χ0) is 11.4. The van der Waals surface area contributed by atoms with Gasteiger partial charge < -0.3 is 14.5 Å². The summed E-state index contributed by atoms with van der Waals surface area (Å²) in [5, 5.41) is 3.73. The van der Waals surface area contributed by atoms with Gasteiger partial charge in [0, 0.05) is 13.5 Å². The van der Waals surface area contributed by atoms with Crippen molar-refractivity contribution in [2.45, 2.75) is 39.4 Å². The summed E-state index contributed by atoms with van der Waals surface area (Å²) in [7, 11) is 1.73. The summed E-state index contributed by atoms with van der Waals surface area (Å²) in [6.07, 6.45) is 1.19. The summed E-state index contributed by atoms with van der Waals surface area (Å²) in [6.45, 7) is 6.59. The SMILES string of the molecule is CC1=NOC(C)C1.CC1CN(C)C(=O)O1. The van der Waals surface area contributed by atoms with Gasteiger partial charge in [-0.3, -0.25) is 0 Å². The molecule has 1 saturated heterocycles. The lowest BCUT2D eigenvalue weighted by Gasteiger charge is -1.99. The third kappa shape index (κ3) is 3.77. The zero-order valence-corrected chi connectivity index (χ0v) is 9.69. The summed E-state index contributed by atoms with van der Waals surface area (Å²) in [5.74, 6) is 0. The predicted octanol–water partition coefficient (Wildman–Crippen LogP) is 1.63. The van der Waals surface area contributed by atoms with Crippen molar-refractivity contribution in [1.82, 2.24) is 4.90 Å². The van der Waals surface area contributed by atoms with Crippen LogP contribution in [-0.2, 0) is 9.57 Å². The van der Waals surface area contributed by atoms with E-state index in [0.29, 0.717) is 6.10 Å². The summed E-state index contributed by atoms with van der Waals surface area (Å²) >= 11 is 0. The van der Waals surface area contributed by atoms with Crippen molar-refractivity contribution in [1.29, 1.82) is 0 Å². The van der Waals surface area contributed by atoms with E-state index >= 15 is 0 Å². The molecule has 2 aliphatic rings. The molecule has 2 atom stereocenters. The molecule has 0 spiro atoms. The van der Waals surface area contributed by atoms with Gasteiger partial charge in [0.1, 0.15) is 12.2 Å². The molecule has 0 saturated carbocycles. The maximum atomic E-state index is 10.5. The number of cyclic esters (lactones) is 1. The first-order valence-electron chi connectivity index (χ1n) is 5.10. The van der Waals surface area contributed by atoms with E-state index in [0.717, 1.165) is 18.7 Å². The van der Waals surface area contributed by atoms with E-state index in [9.17, 15) is 4.79 Å². The molecule has 2 rings (SSSR count). The number of hydrogen-bond donors (Lipinski definition) is 0. The van der Waals surface area contributed by atoms with Crippen LogP contribution >= 0.6 is 0 Å². The normalized spacial score (nSPS) is 28.9. The molecule has 2 heterocycles. The number of rotatable bonds is 0. The Balaban J connectivity index is 0.000000151. The number of nitrogens with zero attached hydrogens (tertiary/aromatic N) is 2. The van der Waals surface area contributed by atoms with Gasteiger partial charge in [0.05, 0.1) is 12.3 Å².